The molecule has 15 heavy (non-hydrogen) atoms. The number of hydrogen-bond donors (Lipinski definition) is 0. The molecule has 0 aliphatic carbocycles. The topological polar surface area (TPSA) is 37.4 Å². The molecule has 0 saturated heterocycles. The fourth-order valence-corrected chi connectivity index (χ4v) is 1.95. The molecule has 0 N–H and O–H groups in total. The summed E-state index contributed by atoms with van der Waals surface area (Å²) >= 11 is 0. The number of sulfonamides is 1. The Morgan fingerprint density at radius 2 is 1.93 bits per heavy atom. The predicted molar refractivity (Wildman–Crippen MR) is 60.3 cm³/mol. The van der Waals surface area contributed by atoms with Crippen molar-refractivity contribution < 1.29 is 8.42 Å². The molecular weight excluding hydrogens is 210 g/mol. The maximum atomic E-state index is 11.5. The highest BCUT2D eigenvalue weighted by Gasteiger charge is 2.16. The van der Waals surface area contributed by atoms with Crippen LogP contribution in [-0.2, 0) is 16.6 Å². The number of nitrogens with zero attached hydrogens (tertiary/aromatic N) is 1. The first-order chi connectivity index (χ1) is 7.10. The first-order valence-electron chi connectivity index (χ1n) is 4.60. The Morgan fingerprint density at radius 3 is 2.40 bits per heavy atom. The van der Waals surface area contributed by atoms with E-state index in [9.17, 15) is 8.42 Å². The van der Waals surface area contributed by atoms with Crippen LogP contribution in [0, 0.1) is 12.5 Å². The van der Waals surface area contributed by atoms with Crippen LogP contribution >= 0.6 is 0 Å². The van der Waals surface area contributed by atoms with Crippen molar-refractivity contribution in [3.63, 3.8) is 0 Å². The van der Waals surface area contributed by atoms with Crippen LogP contribution in [0.5, 0.6) is 0 Å². The highest BCUT2D eigenvalue weighted by molar-refractivity contribution is 7.89. The van der Waals surface area contributed by atoms with Gasteiger partial charge in [-0.3, -0.25) is 0 Å². The van der Waals surface area contributed by atoms with Crippen molar-refractivity contribution in [1.29, 1.82) is 0 Å². The highest BCUT2D eigenvalue weighted by atomic mass is 32.2. The summed E-state index contributed by atoms with van der Waals surface area (Å²) in [5, 5.41) is 0. The van der Waals surface area contributed by atoms with Crippen LogP contribution in [0.3, 0.4) is 0 Å². The summed E-state index contributed by atoms with van der Waals surface area (Å²) in [7, 11) is -3.31. The Hall–Kier alpha value is -1.47. The molecule has 0 spiro atoms. The van der Waals surface area contributed by atoms with Gasteiger partial charge in [0.1, 0.15) is 0 Å². The minimum Gasteiger partial charge on any atom is -0.224 e. The first kappa shape index (κ1) is 11.6. The molecular formula is C11H13NO2S. The lowest BCUT2D eigenvalue weighted by molar-refractivity contribution is 0.510. The molecule has 0 amide bonds. The van der Waals surface area contributed by atoms with Gasteiger partial charge in [0, 0.05) is 6.04 Å². The number of terminal acetylenes is 1. The highest BCUT2D eigenvalue weighted by Crippen LogP contribution is 2.08. The zero-order valence-corrected chi connectivity index (χ0v) is 9.37. The van der Waals surface area contributed by atoms with Crippen LogP contribution in [0.15, 0.2) is 30.3 Å². The molecule has 80 valence electrons. The van der Waals surface area contributed by atoms with Gasteiger partial charge in [-0.05, 0) is 12.5 Å². The second-order valence-corrected chi connectivity index (χ2v) is 5.20. The molecule has 0 heterocycles. The van der Waals surface area contributed by atoms with Gasteiger partial charge in [-0.1, -0.05) is 36.8 Å². The molecule has 0 radical (unpaired) electrons. The summed E-state index contributed by atoms with van der Waals surface area (Å²) < 4.78 is 24.1. The van der Waals surface area contributed by atoms with Crippen molar-refractivity contribution in [3.8, 4) is 12.5 Å². The van der Waals surface area contributed by atoms with Crippen molar-refractivity contribution in [2.45, 2.75) is 13.5 Å². The van der Waals surface area contributed by atoms with Crippen LogP contribution in [0.1, 0.15) is 12.5 Å². The molecule has 4 heteroatoms. The maximum absolute atomic E-state index is 11.5. The van der Waals surface area contributed by atoms with E-state index >= 15 is 0 Å². The standard InChI is InChI=1S/C11H13NO2S/c1-3-12(15(13,14)4-2)10-11-8-6-5-7-9-11/h1,5-9H,4,10H2,2H3. The minimum atomic E-state index is -3.31. The second-order valence-electron chi connectivity index (χ2n) is 3.02. The van der Waals surface area contributed by atoms with E-state index in [0.717, 1.165) is 9.87 Å². The van der Waals surface area contributed by atoms with E-state index in [1.165, 1.54) is 0 Å². The van der Waals surface area contributed by atoms with Crippen LogP contribution in [-0.4, -0.2) is 18.5 Å². The largest absolute Gasteiger partial charge is 0.241 e. The predicted octanol–water partition coefficient (Wildman–Crippen LogP) is 1.43. The fraction of sp³-hybridized carbons (Fsp3) is 0.273. The smallest absolute Gasteiger partial charge is 0.224 e. The molecule has 0 aliphatic heterocycles. The van der Waals surface area contributed by atoms with Gasteiger partial charge in [0.15, 0.2) is 0 Å². The maximum Gasteiger partial charge on any atom is 0.241 e. The zero-order chi connectivity index (χ0) is 11.3. The van der Waals surface area contributed by atoms with E-state index < -0.39 is 10.0 Å². The summed E-state index contributed by atoms with van der Waals surface area (Å²) in [6.45, 7) is 1.80. The van der Waals surface area contributed by atoms with Crippen molar-refractivity contribution in [1.82, 2.24) is 4.31 Å². The van der Waals surface area contributed by atoms with Gasteiger partial charge in [-0.25, -0.2) is 12.7 Å². The Bertz CT molecular complexity index is 445. The van der Waals surface area contributed by atoms with E-state index in [-0.39, 0.29) is 12.3 Å². The summed E-state index contributed by atoms with van der Waals surface area (Å²) in [5.41, 5.74) is 0.882. The van der Waals surface area contributed by atoms with Gasteiger partial charge in [-0.2, -0.15) is 0 Å². The summed E-state index contributed by atoms with van der Waals surface area (Å²) in [5.74, 6) is 0.0179. The molecule has 0 bridgehead atoms. The quantitative estimate of drug-likeness (QED) is 0.572. The van der Waals surface area contributed by atoms with E-state index in [4.69, 9.17) is 6.42 Å². The average Bonchev–Trinajstić information content (AvgIpc) is 2.27. The Labute approximate surface area is 90.8 Å². The van der Waals surface area contributed by atoms with Crippen molar-refractivity contribution >= 4 is 10.0 Å². The molecule has 3 nitrogen and oxygen atoms in total. The third-order valence-corrected chi connectivity index (χ3v) is 3.65. The minimum absolute atomic E-state index is 0.0179. The van der Waals surface area contributed by atoms with E-state index in [1.54, 1.807) is 6.92 Å². The van der Waals surface area contributed by atoms with Gasteiger partial charge >= 0.3 is 0 Å². The molecule has 1 aromatic rings. The lowest BCUT2D eigenvalue weighted by Gasteiger charge is -2.16. The normalized spacial score (nSPS) is 10.7. The molecule has 0 aromatic heterocycles. The Balaban J connectivity index is 2.86. The number of rotatable bonds is 4. The molecule has 0 atom stereocenters. The molecule has 0 saturated carbocycles. The van der Waals surface area contributed by atoms with Crippen molar-refractivity contribution in [2.24, 2.45) is 0 Å². The van der Waals surface area contributed by atoms with Gasteiger partial charge in [-0.15, -0.1) is 0 Å². The van der Waals surface area contributed by atoms with Crippen LogP contribution in [0.25, 0.3) is 0 Å². The molecule has 0 aliphatic rings. The summed E-state index contributed by atoms with van der Waals surface area (Å²) in [4.78, 5) is 0. The first-order valence-corrected chi connectivity index (χ1v) is 6.21. The van der Waals surface area contributed by atoms with Crippen LogP contribution in [0.2, 0.25) is 0 Å². The number of hydrogen-bond acceptors (Lipinski definition) is 2. The zero-order valence-electron chi connectivity index (χ0n) is 8.55. The average molecular weight is 223 g/mol. The lowest BCUT2D eigenvalue weighted by Crippen LogP contribution is -2.27. The SMILES string of the molecule is C#CN(Cc1ccccc1)S(=O)(=O)CC. The second kappa shape index (κ2) is 4.85. The molecule has 0 unspecified atom stereocenters. The Morgan fingerprint density at radius 1 is 1.33 bits per heavy atom. The third kappa shape index (κ3) is 3.00. The van der Waals surface area contributed by atoms with Gasteiger partial charge in [0.2, 0.25) is 10.0 Å². The van der Waals surface area contributed by atoms with Crippen LogP contribution in [0.4, 0.5) is 0 Å². The summed E-state index contributed by atoms with van der Waals surface area (Å²) in [6.07, 6.45) is 5.18. The van der Waals surface area contributed by atoms with Crippen molar-refractivity contribution in [3.05, 3.63) is 35.9 Å². The van der Waals surface area contributed by atoms with E-state index in [0.29, 0.717) is 0 Å². The number of benzene rings is 1. The molecule has 0 fully saturated rings. The monoisotopic (exact) mass is 223 g/mol. The molecule has 1 aromatic carbocycles. The molecule has 1 rings (SSSR count). The summed E-state index contributed by atoms with van der Waals surface area (Å²) in [6, 6.07) is 11.4. The fourth-order valence-electron chi connectivity index (χ4n) is 1.13. The third-order valence-electron chi connectivity index (χ3n) is 2.01. The van der Waals surface area contributed by atoms with Gasteiger partial charge < -0.3 is 0 Å². The van der Waals surface area contributed by atoms with Gasteiger partial charge in [0.05, 0.1) is 12.3 Å². The van der Waals surface area contributed by atoms with E-state index in [1.807, 2.05) is 30.3 Å². The Kier molecular flexibility index (Phi) is 3.75. The van der Waals surface area contributed by atoms with Crippen LogP contribution < -0.4 is 0 Å². The van der Waals surface area contributed by atoms with Crippen molar-refractivity contribution in [2.75, 3.05) is 5.75 Å². The lowest BCUT2D eigenvalue weighted by atomic mass is 10.2. The van der Waals surface area contributed by atoms with Gasteiger partial charge in [0.25, 0.3) is 0 Å². The van der Waals surface area contributed by atoms with E-state index in [2.05, 4.69) is 6.04 Å².